The Morgan fingerprint density at radius 1 is 1.19 bits per heavy atom. The molecule has 1 fully saturated rings. The van der Waals surface area contributed by atoms with Crippen molar-refractivity contribution in [2.24, 2.45) is 10.6 Å². The number of pyridine rings is 1. The van der Waals surface area contributed by atoms with Gasteiger partial charge >= 0.3 is 0 Å². The van der Waals surface area contributed by atoms with Crippen LogP contribution in [0.2, 0.25) is 0 Å². The third-order valence-corrected chi connectivity index (χ3v) is 7.52. The van der Waals surface area contributed by atoms with E-state index in [-0.39, 0.29) is 10.3 Å². The van der Waals surface area contributed by atoms with Gasteiger partial charge in [0.2, 0.25) is 10.0 Å². The monoisotopic (exact) mass is 386 g/mol. The maximum Gasteiger partial charge on any atom is 0.238 e. The van der Waals surface area contributed by atoms with Crippen LogP contribution >= 0.6 is 11.8 Å². The molecule has 1 aromatic carbocycles. The Bertz CT molecular complexity index is 950. The standard InChI is InChI=1S/C20H22N2O2S2/c1-25-16-4-7-19(22-13-16)15-8-10-20(12-15)11-9-18(20)14-2-5-17(6-3-14)26(21,23)24/h2-8,13,18H,9-12H2,1H3,(H2,21,23,24). The van der Waals surface area contributed by atoms with E-state index < -0.39 is 10.0 Å². The highest BCUT2D eigenvalue weighted by molar-refractivity contribution is 7.98. The van der Waals surface area contributed by atoms with Crippen LogP contribution in [-0.2, 0) is 10.0 Å². The third-order valence-electron chi connectivity index (χ3n) is 5.88. The number of nitrogens with zero attached hydrogens (tertiary/aromatic N) is 1. The maximum atomic E-state index is 11.5. The number of rotatable bonds is 4. The summed E-state index contributed by atoms with van der Waals surface area (Å²) in [6.07, 6.45) is 10.8. The summed E-state index contributed by atoms with van der Waals surface area (Å²) in [7, 11) is -3.63. The first kappa shape index (κ1) is 17.8. The van der Waals surface area contributed by atoms with E-state index in [1.165, 1.54) is 22.5 Å². The summed E-state index contributed by atoms with van der Waals surface area (Å²) in [4.78, 5) is 5.98. The van der Waals surface area contributed by atoms with Crippen molar-refractivity contribution in [1.82, 2.24) is 4.98 Å². The van der Waals surface area contributed by atoms with Crippen LogP contribution in [0.15, 0.2) is 58.5 Å². The summed E-state index contributed by atoms with van der Waals surface area (Å²) in [5.41, 5.74) is 3.89. The summed E-state index contributed by atoms with van der Waals surface area (Å²) < 4.78 is 22.9. The molecule has 4 nitrogen and oxygen atoms in total. The van der Waals surface area contributed by atoms with Crippen LogP contribution in [0.5, 0.6) is 0 Å². The minimum absolute atomic E-state index is 0.179. The molecule has 2 aliphatic rings. The van der Waals surface area contributed by atoms with E-state index >= 15 is 0 Å². The second-order valence-electron chi connectivity index (χ2n) is 7.26. The predicted octanol–water partition coefficient (Wildman–Crippen LogP) is 4.19. The second-order valence-corrected chi connectivity index (χ2v) is 9.70. The fraction of sp³-hybridized carbons (Fsp3) is 0.350. The fourth-order valence-corrected chi connectivity index (χ4v) is 5.18. The average Bonchev–Trinajstić information content (AvgIpc) is 3.08. The molecule has 2 atom stereocenters. The van der Waals surface area contributed by atoms with Crippen molar-refractivity contribution in [2.75, 3.05) is 6.26 Å². The van der Waals surface area contributed by atoms with Crippen molar-refractivity contribution < 1.29 is 8.42 Å². The molecule has 4 rings (SSSR count). The highest BCUT2D eigenvalue weighted by Crippen LogP contribution is 2.62. The molecule has 6 heteroatoms. The molecule has 2 unspecified atom stereocenters. The lowest BCUT2D eigenvalue weighted by Crippen LogP contribution is -2.36. The first-order valence-electron chi connectivity index (χ1n) is 8.73. The number of allylic oxidation sites excluding steroid dienone is 2. The van der Waals surface area contributed by atoms with Gasteiger partial charge < -0.3 is 0 Å². The first-order valence-corrected chi connectivity index (χ1v) is 11.5. The third kappa shape index (κ3) is 3.10. The number of aromatic nitrogens is 1. The molecule has 136 valence electrons. The molecule has 1 heterocycles. The number of benzene rings is 1. The lowest BCUT2D eigenvalue weighted by atomic mass is 9.56. The summed E-state index contributed by atoms with van der Waals surface area (Å²) in [6.45, 7) is 0. The average molecular weight is 387 g/mol. The number of thioether (sulfide) groups is 1. The predicted molar refractivity (Wildman–Crippen MR) is 105 cm³/mol. The van der Waals surface area contributed by atoms with E-state index in [4.69, 9.17) is 5.14 Å². The Morgan fingerprint density at radius 3 is 2.50 bits per heavy atom. The molecule has 1 aromatic heterocycles. The molecule has 26 heavy (non-hydrogen) atoms. The van der Waals surface area contributed by atoms with Crippen molar-refractivity contribution in [3.05, 3.63) is 59.9 Å². The molecule has 2 aromatic rings. The lowest BCUT2D eigenvalue weighted by molar-refractivity contribution is 0.108. The van der Waals surface area contributed by atoms with E-state index in [1.807, 2.05) is 18.3 Å². The minimum atomic E-state index is -3.63. The van der Waals surface area contributed by atoms with Crippen LogP contribution in [-0.4, -0.2) is 19.7 Å². The number of primary sulfonamides is 1. The van der Waals surface area contributed by atoms with Gasteiger partial charge in [0, 0.05) is 11.1 Å². The Labute approximate surface area is 159 Å². The molecule has 0 amide bonds. The number of sulfonamides is 1. The van der Waals surface area contributed by atoms with Gasteiger partial charge in [-0.2, -0.15) is 0 Å². The second kappa shape index (κ2) is 6.51. The first-order chi connectivity index (χ1) is 12.4. The van der Waals surface area contributed by atoms with Gasteiger partial charge in [0.15, 0.2) is 0 Å². The van der Waals surface area contributed by atoms with Crippen LogP contribution in [0.25, 0.3) is 5.57 Å². The topological polar surface area (TPSA) is 73.1 Å². The smallest absolute Gasteiger partial charge is 0.238 e. The van der Waals surface area contributed by atoms with Gasteiger partial charge in [0.05, 0.1) is 10.6 Å². The summed E-state index contributed by atoms with van der Waals surface area (Å²) in [6, 6.07) is 11.4. The molecule has 0 aliphatic heterocycles. The number of hydrogen-bond acceptors (Lipinski definition) is 4. The van der Waals surface area contributed by atoms with Crippen molar-refractivity contribution in [3.63, 3.8) is 0 Å². The highest BCUT2D eigenvalue weighted by Gasteiger charge is 2.49. The molecule has 0 bridgehead atoms. The number of hydrogen-bond donors (Lipinski definition) is 1. The van der Waals surface area contributed by atoms with Gasteiger partial charge in [-0.25, -0.2) is 13.6 Å². The maximum absolute atomic E-state index is 11.5. The van der Waals surface area contributed by atoms with Crippen LogP contribution in [0.3, 0.4) is 0 Å². The quantitative estimate of drug-likeness (QED) is 0.800. The van der Waals surface area contributed by atoms with Crippen LogP contribution < -0.4 is 5.14 Å². The highest BCUT2D eigenvalue weighted by atomic mass is 32.2. The zero-order valence-corrected chi connectivity index (χ0v) is 16.3. The minimum Gasteiger partial charge on any atom is -0.255 e. The molecule has 2 N–H and O–H groups in total. The van der Waals surface area contributed by atoms with Gasteiger partial charge in [0.1, 0.15) is 0 Å². The molecular weight excluding hydrogens is 364 g/mol. The molecule has 2 aliphatic carbocycles. The fourth-order valence-electron chi connectivity index (χ4n) is 4.30. The van der Waals surface area contributed by atoms with Gasteiger partial charge in [-0.05, 0) is 78.7 Å². The van der Waals surface area contributed by atoms with Gasteiger partial charge in [-0.1, -0.05) is 18.2 Å². The Morgan fingerprint density at radius 2 is 1.96 bits per heavy atom. The number of nitrogens with two attached hydrogens (primary N) is 1. The van der Waals surface area contributed by atoms with Crippen LogP contribution in [0.4, 0.5) is 0 Å². The van der Waals surface area contributed by atoms with Crippen LogP contribution in [0, 0.1) is 5.41 Å². The van der Waals surface area contributed by atoms with Gasteiger partial charge in [0.25, 0.3) is 0 Å². The van der Waals surface area contributed by atoms with E-state index in [1.54, 1.807) is 23.9 Å². The summed E-state index contributed by atoms with van der Waals surface area (Å²) in [5.74, 6) is 0.469. The van der Waals surface area contributed by atoms with Gasteiger partial charge in [-0.3, -0.25) is 4.98 Å². The van der Waals surface area contributed by atoms with E-state index in [9.17, 15) is 8.42 Å². The molecule has 0 saturated heterocycles. The lowest BCUT2D eigenvalue weighted by Gasteiger charge is -2.48. The van der Waals surface area contributed by atoms with Crippen molar-refractivity contribution >= 4 is 27.4 Å². The summed E-state index contributed by atoms with van der Waals surface area (Å²) >= 11 is 1.70. The molecule has 0 radical (unpaired) electrons. The Balaban J connectivity index is 1.52. The SMILES string of the molecule is CSc1ccc(C2=CCC3(CCC3c3ccc(S(N)(=O)=O)cc3)C2)nc1. The molecule has 1 saturated carbocycles. The van der Waals surface area contributed by atoms with E-state index in [2.05, 4.69) is 29.4 Å². The zero-order chi connectivity index (χ0) is 18.4. The Kier molecular flexibility index (Phi) is 4.45. The Hall–Kier alpha value is -1.63. The van der Waals surface area contributed by atoms with Crippen LogP contribution in [0.1, 0.15) is 42.9 Å². The molecule has 1 spiro atoms. The largest absolute Gasteiger partial charge is 0.255 e. The summed E-state index contributed by atoms with van der Waals surface area (Å²) in [5, 5.41) is 5.20. The molecular formula is C20H22N2O2S2. The van der Waals surface area contributed by atoms with Crippen molar-refractivity contribution in [3.8, 4) is 0 Å². The van der Waals surface area contributed by atoms with E-state index in [0.29, 0.717) is 5.92 Å². The van der Waals surface area contributed by atoms with E-state index in [0.717, 1.165) is 25.0 Å². The van der Waals surface area contributed by atoms with Crippen molar-refractivity contribution in [1.29, 1.82) is 0 Å². The normalized spacial score (nSPS) is 25.2. The zero-order valence-electron chi connectivity index (χ0n) is 14.7. The van der Waals surface area contributed by atoms with Gasteiger partial charge in [-0.15, -0.1) is 11.8 Å². The van der Waals surface area contributed by atoms with Crippen molar-refractivity contribution in [2.45, 2.75) is 41.4 Å².